The van der Waals surface area contributed by atoms with Gasteiger partial charge in [0.25, 0.3) is 0 Å². The first-order chi connectivity index (χ1) is 8.99. The fraction of sp³-hybridized carbons (Fsp3) is 0.385. The van der Waals surface area contributed by atoms with Crippen molar-refractivity contribution in [3.05, 3.63) is 28.7 Å². The summed E-state index contributed by atoms with van der Waals surface area (Å²) in [5.74, 6) is -0.266. The van der Waals surface area contributed by atoms with Gasteiger partial charge in [-0.25, -0.2) is 4.79 Å². The van der Waals surface area contributed by atoms with E-state index in [0.717, 1.165) is 4.47 Å². The third-order valence-electron chi connectivity index (χ3n) is 3.17. The Hall–Kier alpha value is -1.56. The molecule has 1 N–H and O–H groups in total. The molecular formula is C13H14BrNO4. The van der Waals surface area contributed by atoms with E-state index in [0.29, 0.717) is 18.5 Å². The molecule has 1 aliphatic heterocycles. The first kappa shape index (κ1) is 13.9. The van der Waals surface area contributed by atoms with Gasteiger partial charge in [0, 0.05) is 16.6 Å². The zero-order valence-electron chi connectivity index (χ0n) is 10.4. The van der Waals surface area contributed by atoms with Crippen LogP contribution in [0.1, 0.15) is 19.8 Å². The van der Waals surface area contributed by atoms with Crippen molar-refractivity contribution in [3.8, 4) is 0 Å². The number of ether oxygens (including phenoxy) is 1. The Bertz CT molecular complexity index is 488. The number of halogens is 1. The number of rotatable bonds is 3. The standard InChI is InChI=1S/C13H14BrNO4/c1-8(11-6-7-12(16)19-11)15(13(17)18)10-4-2-9(14)3-5-10/h2-5,8,11H,6-7H2,1H3,(H,17,18). The molecule has 0 radical (unpaired) electrons. The van der Waals surface area contributed by atoms with E-state index in [4.69, 9.17) is 4.74 Å². The highest BCUT2D eigenvalue weighted by atomic mass is 79.9. The maximum atomic E-state index is 11.4. The number of carbonyl (C=O) groups excluding carboxylic acids is 1. The van der Waals surface area contributed by atoms with Gasteiger partial charge in [-0.15, -0.1) is 0 Å². The van der Waals surface area contributed by atoms with Gasteiger partial charge in [-0.3, -0.25) is 9.69 Å². The minimum absolute atomic E-state index is 0.266. The van der Waals surface area contributed by atoms with Gasteiger partial charge in [-0.05, 0) is 37.6 Å². The molecule has 0 aliphatic carbocycles. The van der Waals surface area contributed by atoms with Gasteiger partial charge in [0.15, 0.2) is 0 Å². The number of amides is 1. The minimum atomic E-state index is -1.06. The van der Waals surface area contributed by atoms with Crippen LogP contribution in [0.25, 0.3) is 0 Å². The van der Waals surface area contributed by atoms with Crippen molar-refractivity contribution < 1.29 is 19.4 Å². The number of hydrogen-bond acceptors (Lipinski definition) is 3. The Morgan fingerprint density at radius 3 is 2.58 bits per heavy atom. The third-order valence-corrected chi connectivity index (χ3v) is 3.70. The molecule has 0 saturated carbocycles. The van der Waals surface area contributed by atoms with E-state index < -0.39 is 12.1 Å². The van der Waals surface area contributed by atoms with Crippen molar-refractivity contribution in [1.82, 2.24) is 0 Å². The van der Waals surface area contributed by atoms with Crippen LogP contribution in [0.4, 0.5) is 10.5 Å². The van der Waals surface area contributed by atoms with E-state index in [2.05, 4.69) is 15.9 Å². The number of benzene rings is 1. The molecular weight excluding hydrogens is 314 g/mol. The zero-order valence-corrected chi connectivity index (χ0v) is 12.0. The molecule has 19 heavy (non-hydrogen) atoms. The van der Waals surface area contributed by atoms with Gasteiger partial charge < -0.3 is 9.84 Å². The molecule has 6 heteroatoms. The Kier molecular flexibility index (Phi) is 4.09. The van der Waals surface area contributed by atoms with Crippen molar-refractivity contribution >= 4 is 33.7 Å². The lowest BCUT2D eigenvalue weighted by Crippen LogP contribution is -2.44. The Morgan fingerprint density at radius 2 is 2.11 bits per heavy atom. The summed E-state index contributed by atoms with van der Waals surface area (Å²) in [7, 11) is 0. The zero-order chi connectivity index (χ0) is 14.0. The van der Waals surface area contributed by atoms with Gasteiger partial charge >= 0.3 is 12.1 Å². The SMILES string of the molecule is CC(C1CCC(=O)O1)N(C(=O)O)c1ccc(Br)cc1. The molecule has 0 aromatic heterocycles. The highest BCUT2D eigenvalue weighted by molar-refractivity contribution is 9.10. The lowest BCUT2D eigenvalue weighted by Gasteiger charge is -2.29. The van der Waals surface area contributed by atoms with E-state index in [1.165, 1.54) is 4.90 Å². The maximum Gasteiger partial charge on any atom is 0.412 e. The van der Waals surface area contributed by atoms with Crippen LogP contribution in [-0.4, -0.2) is 29.3 Å². The molecule has 2 unspecified atom stereocenters. The van der Waals surface area contributed by atoms with E-state index in [9.17, 15) is 14.7 Å². The molecule has 1 fully saturated rings. The molecule has 0 spiro atoms. The van der Waals surface area contributed by atoms with E-state index in [-0.39, 0.29) is 12.1 Å². The quantitative estimate of drug-likeness (QED) is 0.866. The van der Waals surface area contributed by atoms with Crippen LogP contribution < -0.4 is 4.90 Å². The average Bonchev–Trinajstić information content (AvgIpc) is 2.78. The van der Waals surface area contributed by atoms with Gasteiger partial charge in [0.1, 0.15) is 6.10 Å². The highest BCUT2D eigenvalue weighted by Gasteiger charge is 2.34. The number of hydrogen-bond donors (Lipinski definition) is 1. The molecule has 1 heterocycles. The number of esters is 1. The maximum absolute atomic E-state index is 11.4. The molecule has 1 amide bonds. The molecule has 1 aromatic carbocycles. The van der Waals surface area contributed by atoms with Crippen molar-refractivity contribution in [2.45, 2.75) is 31.9 Å². The smallest absolute Gasteiger partial charge is 0.412 e. The summed E-state index contributed by atoms with van der Waals surface area (Å²) in [5, 5.41) is 9.37. The van der Waals surface area contributed by atoms with Crippen LogP contribution in [0.5, 0.6) is 0 Å². The summed E-state index contributed by atoms with van der Waals surface area (Å²) in [6.45, 7) is 1.75. The van der Waals surface area contributed by atoms with Crippen LogP contribution >= 0.6 is 15.9 Å². The highest BCUT2D eigenvalue weighted by Crippen LogP contribution is 2.26. The van der Waals surface area contributed by atoms with Crippen molar-refractivity contribution in [2.24, 2.45) is 0 Å². The van der Waals surface area contributed by atoms with Gasteiger partial charge in [0.2, 0.25) is 0 Å². The molecule has 2 atom stereocenters. The summed E-state index contributed by atoms with van der Waals surface area (Å²) < 4.78 is 6.02. The fourth-order valence-electron chi connectivity index (χ4n) is 2.17. The van der Waals surface area contributed by atoms with Crippen LogP contribution in [0.15, 0.2) is 28.7 Å². The second-order valence-corrected chi connectivity index (χ2v) is 5.35. The fourth-order valence-corrected chi connectivity index (χ4v) is 2.44. The average molecular weight is 328 g/mol. The van der Waals surface area contributed by atoms with E-state index in [1.807, 2.05) is 0 Å². The Balaban J connectivity index is 2.22. The number of carboxylic acid groups (broad SMARTS) is 1. The molecule has 5 nitrogen and oxygen atoms in total. The lowest BCUT2D eigenvalue weighted by molar-refractivity contribution is -0.141. The van der Waals surface area contributed by atoms with Gasteiger partial charge in [-0.1, -0.05) is 15.9 Å². The van der Waals surface area contributed by atoms with Crippen molar-refractivity contribution in [1.29, 1.82) is 0 Å². The predicted molar refractivity (Wildman–Crippen MR) is 73.2 cm³/mol. The van der Waals surface area contributed by atoms with Crippen LogP contribution in [0, 0.1) is 0 Å². The largest absolute Gasteiger partial charge is 0.465 e. The van der Waals surface area contributed by atoms with Gasteiger partial charge in [-0.2, -0.15) is 0 Å². The third kappa shape index (κ3) is 3.07. The first-order valence-electron chi connectivity index (χ1n) is 5.96. The molecule has 2 rings (SSSR count). The molecule has 1 saturated heterocycles. The Morgan fingerprint density at radius 1 is 1.47 bits per heavy atom. The lowest BCUT2D eigenvalue weighted by atomic mass is 10.1. The molecule has 1 aromatic rings. The van der Waals surface area contributed by atoms with Crippen molar-refractivity contribution in [2.75, 3.05) is 4.90 Å². The number of cyclic esters (lactones) is 1. The Labute approximate surface area is 119 Å². The van der Waals surface area contributed by atoms with E-state index >= 15 is 0 Å². The second-order valence-electron chi connectivity index (χ2n) is 4.44. The van der Waals surface area contributed by atoms with Gasteiger partial charge in [0.05, 0.1) is 6.04 Å². The van der Waals surface area contributed by atoms with Crippen LogP contribution in [0.2, 0.25) is 0 Å². The number of anilines is 1. The van der Waals surface area contributed by atoms with Crippen LogP contribution in [-0.2, 0) is 9.53 Å². The molecule has 102 valence electrons. The minimum Gasteiger partial charge on any atom is -0.465 e. The topological polar surface area (TPSA) is 66.8 Å². The molecule has 0 bridgehead atoms. The summed E-state index contributed by atoms with van der Waals surface area (Å²) >= 11 is 3.31. The molecule has 1 aliphatic rings. The summed E-state index contributed by atoms with van der Waals surface area (Å²) in [6.07, 6.45) is -0.534. The second kappa shape index (κ2) is 5.61. The predicted octanol–water partition coefficient (Wildman–Crippen LogP) is 3.03. The van der Waals surface area contributed by atoms with E-state index in [1.54, 1.807) is 31.2 Å². The summed E-state index contributed by atoms with van der Waals surface area (Å²) in [5.41, 5.74) is 0.561. The number of nitrogens with zero attached hydrogens (tertiary/aromatic N) is 1. The summed E-state index contributed by atoms with van der Waals surface area (Å²) in [4.78, 5) is 23.8. The van der Waals surface area contributed by atoms with Crippen LogP contribution in [0.3, 0.4) is 0 Å². The van der Waals surface area contributed by atoms with Crippen molar-refractivity contribution in [3.63, 3.8) is 0 Å². The number of carbonyl (C=O) groups is 2. The summed E-state index contributed by atoms with van der Waals surface area (Å²) in [6, 6.07) is 6.57. The normalized spacial score (nSPS) is 19.9. The first-order valence-corrected chi connectivity index (χ1v) is 6.75. The monoisotopic (exact) mass is 327 g/mol.